The first-order valence-corrected chi connectivity index (χ1v) is 8.08. The van der Waals surface area contributed by atoms with Crippen molar-refractivity contribution in [3.63, 3.8) is 0 Å². The first kappa shape index (κ1) is 21.7. The van der Waals surface area contributed by atoms with Crippen molar-refractivity contribution in [2.45, 2.75) is 46.0 Å². The van der Waals surface area contributed by atoms with Crippen LogP contribution in [0.5, 0.6) is 0 Å². The second-order valence-corrected chi connectivity index (χ2v) is 6.52. The fraction of sp³-hybridized carbons (Fsp3) is 0.333. The Morgan fingerprint density at radius 3 is 2.42 bits per heavy atom. The van der Waals surface area contributed by atoms with Crippen LogP contribution in [0.15, 0.2) is 35.9 Å². The summed E-state index contributed by atoms with van der Waals surface area (Å²) in [5.74, 6) is 0. The van der Waals surface area contributed by atoms with Crippen LogP contribution in [0.1, 0.15) is 57.1 Å². The van der Waals surface area contributed by atoms with E-state index >= 15 is 0 Å². The average molecular weight is 436 g/mol. The van der Waals surface area contributed by atoms with Gasteiger partial charge in [-0.15, -0.1) is 28.9 Å². The molecule has 4 rings (SSSR count). The summed E-state index contributed by atoms with van der Waals surface area (Å²) in [6, 6.07) is 4.58. The molecule has 1 aromatic rings. The molecule has 0 N–H and O–H groups in total. The quantitative estimate of drug-likeness (QED) is 0.458. The predicted octanol–water partition coefficient (Wildman–Crippen LogP) is -1.78. The van der Waals surface area contributed by atoms with Gasteiger partial charge in [0.2, 0.25) is 0 Å². The van der Waals surface area contributed by atoms with Gasteiger partial charge in [0.25, 0.3) is 0 Å². The van der Waals surface area contributed by atoms with E-state index in [1.54, 1.807) is 5.57 Å². The van der Waals surface area contributed by atoms with Crippen LogP contribution in [0.25, 0.3) is 22.8 Å². The molecule has 24 heavy (non-hydrogen) atoms. The van der Waals surface area contributed by atoms with Crippen LogP contribution in [-0.4, -0.2) is 0 Å². The van der Waals surface area contributed by atoms with Crippen LogP contribution >= 0.6 is 0 Å². The summed E-state index contributed by atoms with van der Waals surface area (Å²) in [6.07, 6.45) is 16.6. The molecule has 0 fully saturated rings. The molecule has 0 spiro atoms. The Morgan fingerprint density at radius 2 is 1.75 bits per heavy atom. The first-order chi connectivity index (χ1) is 10.3. The molecule has 0 heterocycles. The van der Waals surface area contributed by atoms with Gasteiger partial charge >= 0.3 is 26.2 Å². The number of hydrogen-bond donors (Lipinski definition) is 0. The van der Waals surface area contributed by atoms with Gasteiger partial charge in [0.05, 0.1) is 0 Å². The van der Waals surface area contributed by atoms with E-state index in [1.807, 2.05) is 0 Å². The van der Waals surface area contributed by atoms with E-state index in [0.29, 0.717) is 0 Å². The number of hydrogen-bond acceptors (Lipinski definition) is 0. The second kappa shape index (κ2) is 8.84. The van der Waals surface area contributed by atoms with Gasteiger partial charge in [-0.25, -0.2) is 0 Å². The van der Waals surface area contributed by atoms with Crippen molar-refractivity contribution in [2.75, 3.05) is 0 Å². The molecule has 0 amide bonds. The van der Waals surface area contributed by atoms with E-state index in [1.165, 1.54) is 64.0 Å². The molecule has 0 bridgehead atoms. The smallest absolute Gasteiger partial charge is 1.00 e. The van der Waals surface area contributed by atoms with Crippen LogP contribution in [0, 0.1) is 0 Å². The monoisotopic (exact) mass is 433 g/mol. The number of benzene rings is 1. The van der Waals surface area contributed by atoms with E-state index in [2.05, 4.69) is 50.3 Å². The number of allylic oxidation sites excluding steroid dienone is 6. The van der Waals surface area contributed by atoms with Gasteiger partial charge in [-0.3, -0.25) is 0 Å². The van der Waals surface area contributed by atoms with Crippen LogP contribution < -0.4 is 35.3 Å². The maximum atomic E-state index is 3.69. The molecule has 0 nitrogen and oxygen atoms in total. The summed E-state index contributed by atoms with van der Waals surface area (Å²) in [5.41, 5.74) is 8.93. The van der Waals surface area contributed by atoms with Crippen molar-refractivity contribution < 1.29 is 51.0 Å². The maximum Gasteiger partial charge on any atom is 3.00 e. The Balaban J connectivity index is 0.000000960. The number of fused-ring (bicyclic) bond motifs is 2. The van der Waals surface area contributed by atoms with E-state index in [9.17, 15) is 0 Å². The normalized spacial score (nSPS) is 16.8. The summed E-state index contributed by atoms with van der Waals surface area (Å²) >= 11 is 0. The maximum absolute atomic E-state index is 3.69. The zero-order valence-electron chi connectivity index (χ0n) is 14.2. The van der Waals surface area contributed by atoms with Crippen molar-refractivity contribution in [1.29, 1.82) is 0 Å². The minimum atomic E-state index is 0. The number of rotatable bonds is 1. The molecule has 1 radical (unpaired) electrons. The van der Waals surface area contributed by atoms with Gasteiger partial charge in [-0.05, 0) is 37.5 Å². The third-order valence-corrected chi connectivity index (χ3v) is 4.89. The van der Waals surface area contributed by atoms with Crippen molar-refractivity contribution in [3.05, 3.63) is 57.5 Å². The van der Waals surface area contributed by atoms with Gasteiger partial charge in [0, 0.05) is 0 Å². The van der Waals surface area contributed by atoms with E-state index in [0.717, 1.165) is 6.42 Å². The van der Waals surface area contributed by atoms with Crippen LogP contribution in [-0.2, 0) is 26.2 Å². The third-order valence-electron chi connectivity index (χ3n) is 4.89. The van der Waals surface area contributed by atoms with E-state index < -0.39 is 0 Å². The number of halogens is 2. The summed E-state index contributed by atoms with van der Waals surface area (Å²) < 4.78 is 0. The average Bonchev–Trinajstić information content (AvgIpc) is 3.13. The predicted molar refractivity (Wildman–Crippen MR) is 91.0 cm³/mol. The van der Waals surface area contributed by atoms with Crippen LogP contribution in [0.4, 0.5) is 0 Å². The van der Waals surface area contributed by atoms with Crippen molar-refractivity contribution in [3.8, 4) is 0 Å². The molecule has 0 atom stereocenters. The second-order valence-electron chi connectivity index (χ2n) is 6.52. The Hall–Kier alpha value is -0.357. The molecular weight excluding hydrogens is 414 g/mol. The minimum absolute atomic E-state index is 0. The van der Waals surface area contributed by atoms with Crippen LogP contribution in [0.2, 0.25) is 0 Å². The standard InChI is InChI=1S/C21H21.2ClH.Zr/c1-14(2)18-12-11-17-13-16-9-5-6-10-19(16)21(17)20(18)15-7-3-4-8-15;;;/h3-4,7,11-12H,5-6,8-10H2,1-2H3;2*1H;/q-1;;;+3/p-2. The van der Waals surface area contributed by atoms with Crippen LogP contribution in [0.3, 0.4) is 0 Å². The largest absolute Gasteiger partial charge is 3.00 e. The Morgan fingerprint density at radius 1 is 1.00 bits per heavy atom. The van der Waals surface area contributed by atoms with Gasteiger partial charge in [0.15, 0.2) is 0 Å². The fourth-order valence-electron chi connectivity index (χ4n) is 3.88. The van der Waals surface area contributed by atoms with Gasteiger partial charge in [-0.1, -0.05) is 54.7 Å². The molecule has 0 unspecified atom stereocenters. The Labute approximate surface area is 176 Å². The topological polar surface area (TPSA) is 0 Å². The Kier molecular flexibility index (Phi) is 7.99. The Bertz CT molecular complexity index is 837. The van der Waals surface area contributed by atoms with Crippen molar-refractivity contribution >= 4 is 22.8 Å². The zero-order chi connectivity index (χ0) is 14.4. The summed E-state index contributed by atoms with van der Waals surface area (Å²) in [4.78, 5) is 0. The van der Waals surface area contributed by atoms with Gasteiger partial charge in [0.1, 0.15) is 0 Å². The summed E-state index contributed by atoms with van der Waals surface area (Å²) in [7, 11) is 0. The van der Waals surface area contributed by atoms with Crippen molar-refractivity contribution in [2.24, 2.45) is 0 Å². The van der Waals surface area contributed by atoms with E-state index in [-0.39, 0.29) is 51.0 Å². The molecule has 0 saturated carbocycles. The molecular formula is C21H21Cl2Zr. The first-order valence-electron chi connectivity index (χ1n) is 8.08. The molecule has 3 aliphatic carbocycles. The van der Waals surface area contributed by atoms with Gasteiger partial charge < -0.3 is 24.8 Å². The molecule has 0 aromatic heterocycles. The zero-order valence-corrected chi connectivity index (χ0v) is 18.1. The molecule has 0 aliphatic heterocycles. The SMILES string of the molecule is CC(C)=c1ccc2c(c1C1=CC=CC1)C1=C([C-]=2)CCCC1.[Cl-].[Cl-].[Zr+3]. The molecule has 3 heteroatoms. The van der Waals surface area contributed by atoms with E-state index in [4.69, 9.17) is 0 Å². The minimum Gasteiger partial charge on any atom is -1.00 e. The molecule has 123 valence electrons. The third kappa shape index (κ3) is 3.60. The fourth-order valence-corrected chi connectivity index (χ4v) is 3.88. The summed E-state index contributed by atoms with van der Waals surface area (Å²) in [5, 5.41) is 2.75. The molecule has 0 saturated heterocycles. The molecule has 3 aliphatic rings. The summed E-state index contributed by atoms with van der Waals surface area (Å²) in [6.45, 7) is 4.46. The van der Waals surface area contributed by atoms with Gasteiger partial charge in [-0.2, -0.15) is 5.22 Å². The molecule has 1 aromatic carbocycles. The van der Waals surface area contributed by atoms with Crippen molar-refractivity contribution in [1.82, 2.24) is 0 Å².